The maximum absolute atomic E-state index is 11.4. The Morgan fingerprint density at radius 3 is 2.95 bits per heavy atom. The lowest BCUT2D eigenvalue weighted by atomic mass is 9.97. The molecule has 6 heteroatoms. The molecular formula is C14H14ClN3O2. The van der Waals surface area contributed by atoms with Crippen LogP contribution in [0.2, 0.25) is 5.02 Å². The number of carbonyl (C=O) groups excluding carboxylic acids is 1. The average molecular weight is 292 g/mol. The van der Waals surface area contributed by atoms with Gasteiger partial charge in [-0.05, 0) is 31.0 Å². The molecule has 104 valence electrons. The number of hydrogen-bond donors (Lipinski definition) is 2. The van der Waals surface area contributed by atoms with Gasteiger partial charge in [-0.15, -0.1) is 0 Å². The molecule has 2 aromatic rings. The van der Waals surface area contributed by atoms with Crippen LogP contribution >= 0.6 is 11.6 Å². The zero-order valence-corrected chi connectivity index (χ0v) is 12.0. The molecule has 1 aromatic carbocycles. The molecule has 3 N–H and O–H groups in total. The molecule has 20 heavy (non-hydrogen) atoms. The van der Waals surface area contributed by atoms with Crippen LogP contribution in [-0.2, 0) is 6.42 Å². The minimum Gasteiger partial charge on any atom is -0.493 e. The van der Waals surface area contributed by atoms with Gasteiger partial charge in [-0.25, -0.2) is 0 Å². The first-order valence-electron chi connectivity index (χ1n) is 6.30. The lowest BCUT2D eigenvalue weighted by Crippen LogP contribution is -2.14. The van der Waals surface area contributed by atoms with Crippen molar-refractivity contribution in [1.82, 2.24) is 10.2 Å². The van der Waals surface area contributed by atoms with Crippen molar-refractivity contribution in [2.75, 3.05) is 6.61 Å². The monoisotopic (exact) mass is 291 g/mol. The number of nitrogens with one attached hydrogen (secondary N) is 1. The number of halogens is 1. The summed E-state index contributed by atoms with van der Waals surface area (Å²) in [4.78, 5) is 11.4. The van der Waals surface area contributed by atoms with E-state index in [2.05, 4.69) is 10.2 Å². The first kappa shape index (κ1) is 13.0. The smallest absolute Gasteiger partial charge is 0.267 e. The number of aryl methyl sites for hydroxylation is 1. The Kier molecular flexibility index (Phi) is 2.94. The van der Waals surface area contributed by atoms with Crippen LogP contribution in [0.3, 0.4) is 0 Å². The normalized spacial score (nSPS) is 13.2. The van der Waals surface area contributed by atoms with E-state index in [1.54, 1.807) is 0 Å². The molecule has 0 saturated heterocycles. The van der Waals surface area contributed by atoms with E-state index in [9.17, 15) is 4.79 Å². The third-order valence-corrected chi connectivity index (χ3v) is 4.19. The van der Waals surface area contributed by atoms with Crippen LogP contribution < -0.4 is 10.5 Å². The van der Waals surface area contributed by atoms with Crippen LogP contribution in [0.4, 0.5) is 0 Å². The molecule has 1 aliphatic rings. The highest BCUT2D eigenvalue weighted by Crippen LogP contribution is 2.41. The molecule has 1 aliphatic heterocycles. The van der Waals surface area contributed by atoms with Gasteiger partial charge in [0.2, 0.25) is 0 Å². The quantitative estimate of drug-likeness (QED) is 0.846. The molecule has 2 heterocycles. The van der Waals surface area contributed by atoms with Crippen molar-refractivity contribution in [3.63, 3.8) is 0 Å². The van der Waals surface area contributed by atoms with Gasteiger partial charge in [-0.3, -0.25) is 9.89 Å². The van der Waals surface area contributed by atoms with Gasteiger partial charge in [0.05, 0.1) is 6.61 Å². The van der Waals surface area contributed by atoms with Crippen LogP contribution in [-0.4, -0.2) is 22.7 Å². The van der Waals surface area contributed by atoms with E-state index < -0.39 is 5.91 Å². The number of nitrogens with zero attached hydrogens (tertiary/aromatic N) is 1. The fourth-order valence-corrected chi connectivity index (χ4v) is 2.76. The number of fused-ring (bicyclic) bond motifs is 3. The molecule has 0 bridgehead atoms. The summed E-state index contributed by atoms with van der Waals surface area (Å²) in [6, 6.07) is 1.90. The topological polar surface area (TPSA) is 81.0 Å². The lowest BCUT2D eigenvalue weighted by molar-refractivity contribution is 0.0994. The number of H-pyrrole nitrogens is 1. The molecule has 0 spiro atoms. The van der Waals surface area contributed by atoms with Crippen molar-refractivity contribution >= 4 is 17.5 Å². The summed E-state index contributed by atoms with van der Waals surface area (Å²) < 4.78 is 5.78. The summed E-state index contributed by atoms with van der Waals surface area (Å²) in [7, 11) is 0. The zero-order chi connectivity index (χ0) is 14.4. The van der Waals surface area contributed by atoms with Crippen molar-refractivity contribution in [1.29, 1.82) is 0 Å². The van der Waals surface area contributed by atoms with E-state index in [1.807, 2.05) is 19.9 Å². The number of benzene rings is 1. The number of hydrogen-bond acceptors (Lipinski definition) is 3. The molecule has 0 radical (unpaired) electrons. The number of ether oxygens (including phenoxy) is 1. The summed E-state index contributed by atoms with van der Waals surface area (Å²) in [5, 5.41) is 7.65. The molecule has 1 amide bonds. The predicted molar refractivity (Wildman–Crippen MR) is 76.2 cm³/mol. The van der Waals surface area contributed by atoms with Crippen molar-refractivity contribution in [3.05, 3.63) is 33.5 Å². The number of primary amides is 1. The van der Waals surface area contributed by atoms with E-state index in [4.69, 9.17) is 22.1 Å². The van der Waals surface area contributed by atoms with E-state index in [1.165, 1.54) is 0 Å². The molecule has 3 rings (SSSR count). The summed E-state index contributed by atoms with van der Waals surface area (Å²) in [5.41, 5.74) is 9.88. The minimum atomic E-state index is -0.516. The Hall–Kier alpha value is -2.01. The number of aromatic amines is 1. The number of rotatable bonds is 1. The number of amides is 1. The fourth-order valence-electron chi connectivity index (χ4n) is 2.61. The van der Waals surface area contributed by atoms with Gasteiger partial charge in [0.15, 0.2) is 0 Å². The Balaban J connectivity index is 2.32. The number of aromatic nitrogens is 2. The Morgan fingerprint density at radius 1 is 1.50 bits per heavy atom. The van der Waals surface area contributed by atoms with Crippen LogP contribution in [0, 0.1) is 13.8 Å². The molecule has 0 unspecified atom stereocenters. The Bertz CT molecular complexity index is 722. The maximum Gasteiger partial charge on any atom is 0.267 e. The lowest BCUT2D eigenvalue weighted by Gasteiger charge is -2.13. The van der Waals surface area contributed by atoms with Crippen molar-refractivity contribution < 1.29 is 9.53 Å². The predicted octanol–water partition coefficient (Wildman–Crippen LogP) is 2.38. The molecule has 5 nitrogen and oxygen atoms in total. The first-order chi connectivity index (χ1) is 9.50. The Labute approximate surface area is 121 Å². The van der Waals surface area contributed by atoms with E-state index in [0.29, 0.717) is 29.4 Å². The number of nitrogens with two attached hydrogens (primary N) is 1. The molecule has 0 saturated carbocycles. The molecule has 0 aliphatic carbocycles. The summed E-state index contributed by atoms with van der Waals surface area (Å²) in [5.74, 6) is 0.226. The molecule has 0 atom stereocenters. The zero-order valence-electron chi connectivity index (χ0n) is 11.2. The fraction of sp³-hybridized carbons (Fsp3) is 0.286. The Morgan fingerprint density at radius 2 is 2.25 bits per heavy atom. The second-order valence-corrected chi connectivity index (χ2v) is 5.27. The van der Waals surface area contributed by atoms with E-state index in [0.717, 1.165) is 28.0 Å². The van der Waals surface area contributed by atoms with Gasteiger partial charge in [-0.2, -0.15) is 5.10 Å². The standard InChI is InChI=1S/C14H14ClN3O2/c1-6-5-9-10(7(2)11(6)15)12-8(3-4-20-9)13(14(16)19)18-17-12/h5H,3-4H2,1-2H3,(H2,16,19)(H,17,18). The van der Waals surface area contributed by atoms with E-state index >= 15 is 0 Å². The van der Waals surface area contributed by atoms with Crippen molar-refractivity contribution in [3.8, 4) is 17.0 Å². The highest BCUT2D eigenvalue weighted by Gasteiger charge is 2.26. The second kappa shape index (κ2) is 4.52. The number of carbonyl (C=O) groups is 1. The van der Waals surface area contributed by atoms with Gasteiger partial charge in [0, 0.05) is 22.6 Å². The van der Waals surface area contributed by atoms with Crippen molar-refractivity contribution in [2.45, 2.75) is 20.3 Å². The van der Waals surface area contributed by atoms with Gasteiger partial charge >= 0.3 is 0 Å². The summed E-state index contributed by atoms with van der Waals surface area (Å²) >= 11 is 6.32. The molecule has 1 aromatic heterocycles. The highest BCUT2D eigenvalue weighted by atomic mass is 35.5. The average Bonchev–Trinajstić information content (AvgIpc) is 2.72. The third kappa shape index (κ3) is 1.78. The largest absolute Gasteiger partial charge is 0.493 e. The van der Waals surface area contributed by atoms with Crippen LogP contribution in [0.15, 0.2) is 6.07 Å². The van der Waals surface area contributed by atoms with Crippen LogP contribution in [0.1, 0.15) is 27.2 Å². The highest BCUT2D eigenvalue weighted by molar-refractivity contribution is 6.32. The van der Waals surface area contributed by atoms with E-state index in [-0.39, 0.29) is 0 Å². The van der Waals surface area contributed by atoms with Gasteiger partial charge in [0.1, 0.15) is 17.1 Å². The SMILES string of the molecule is Cc1cc2c(c(C)c1Cl)-c1n[nH]c(C(N)=O)c1CCO2. The van der Waals surface area contributed by atoms with Gasteiger partial charge < -0.3 is 10.5 Å². The van der Waals surface area contributed by atoms with Crippen LogP contribution in [0.5, 0.6) is 5.75 Å². The van der Waals surface area contributed by atoms with Gasteiger partial charge in [0.25, 0.3) is 5.91 Å². The summed E-state index contributed by atoms with van der Waals surface area (Å²) in [6.45, 7) is 4.33. The molecular weight excluding hydrogens is 278 g/mol. The summed E-state index contributed by atoms with van der Waals surface area (Å²) in [6.07, 6.45) is 0.578. The first-order valence-corrected chi connectivity index (χ1v) is 6.68. The minimum absolute atomic E-state index is 0.340. The van der Waals surface area contributed by atoms with Crippen molar-refractivity contribution in [2.24, 2.45) is 5.73 Å². The second-order valence-electron chi connectivity index (χ2n) is 4.89. The molecule has 0 fully saturated rings. The third-order valence-electron chi connectivity index (χ3n) is 3.60. The maximum atomic E-state index is 11.4. The van der Waals surface area contributed by atoms with Gasteiger partial charge in [-0.1, -0.05) is 11.6 Å². The van der Waals surface area contributed by atoms with Crippen LogP contribution in [0.25, 0.3) is 11.3 Å².